The molecule has 1 aromatic heterocycles. The SMILES string of the molecule is Cc1cc(N[C@@H](C)CF)nc(CO)n1. The van der Waals surface area contributed by atoms with E-state index >= 15 is 0 Å². The van der Waals surface area contributed by atoms with Crippen molar-refractivity contribution >= 4 is 5.82 Å². The number of rotatable bonds is 4. The van der Waals surface area contributed by atoms with Crippen molar-refractivity contribution in [1.29, 1.82) is 0 Å². The van der Waals surface area contributed by atoms with Crippen LogP contribution >= 0.6 is 0 Å². The molecule has 0 radical (unpaired) electrons. The van der Waals surface area contributed by atoms with Gasteiger partial charge in [0, 0.05) is 11.8 Å². The summed E-state index contributed by atoms with van der Waals surface area (Å²) in [5.41, 5.74) is 0.748. The molecule has 0 spiro atoms. The van der Waals surface area contributed by atoms with Crippen molar-refractivity contribution in [3.05, 3.63) is 17.6 Å². The smallest absolute Gasteiger partial charge is 0.156 e. The Kier molecular flexibility index (Phi) is 3.76. The summed E-state index contributed by atoms with van der Waals surface area (Å²) in [6.07, 6.45) is 0. The summed E-state index contributed by atoms with van der Waals surface area (Å²) in [6.45, 7) is 2.85. The minimum atomic E-state index is -0.461. The van der Waals surface area contributed by atoms with E-state index in [1.54, 1.807) is 19.9 Å². The largest absolute Gasteiger partial charge is 0.388 e. The molecule has 0 saturated heterocycles. The van der Waals surface area contributed by atoms with Crippen LogP contribution < -0.4 is 5.32 Å². The van der Waals surface area contributed by atoms with Crippen LogP contribution in [0.25, 0.3) is 0 Å². The van der Waals surface area contributed by atoms with Crippen LogP contribution in [-0.4, -0.2) is 27.8 Å². The highest BCUT2D eigenvalue weighted by Gasteiger charge is 2.04. The van der Waals surface area contributed by atoms with Gasteiger partial charge in [-0.2, -0.15) is 0 Å². The molecule has 0 fully saturated rings. The van der Waals surface area contributed by atoms with Crippen LogP contribution in [0.5, 0.6) is 0 Å². The number of nitrogens with one attached hydrogen (secondary N) is 1. The molecule has 0 bridgehead atoms. The molecule has 1 heterocycles. The van der Waals surface area contributed by atoms with Gasteiger partial charge in [-0.25, -0.2) is 14.4 Å². The number of aliphatic hydroxyl groups is 1. The Hall–Kier alpha value is -1.23. The first-order valence-corrected chi connectivity index (χ1v) is 4.43. The second-order valence-corrected chi connectivity index (χ2v) is 3.17. The quantitative estimate of drug-likeness (QED) is 0.761. The minimum Gasteiger partial charge on any atom is -0.388 e. The third kappa shape index (κ3) is 2.92. The second kappa shape index (κ2) is 4.85. The summed E-state index contributed by atoms with van der Waals surface area (Å²) in [6, 6.07) is 1.43. The summed E-state index contributed by atoms with van der Waals surface area (Å²) in [4.78, 5) is 7.99. The van der Waals surface area contributed by atoms with Crippen LogP contribution in [0.15, 0.2) is 6.07 Å². The van der Waals surface area contributed by atoms with Gasteiger partial charge in [0.1, 0.15) is 19.1 Å². The molecule has 1 atom stereocenters. The molecule has 78 valence electrons. The Bertz CT molecular complexity index is 306. The molecule has 2 N–H and O–H groups in total. The number of aryl methyl sites for hydroxylation is 1. The Labute approximate surface area is 82.2 Å². The molecule has 0 amide bonds. The zero-order valence-electron chi connectivity index (χ0n) is 8.29. The first kappa shape index (κ1) is 10.8. The fraction of sp³-hybridized carbons (Fsp3) is 0.556. The van der Waals surface area contributed by atoms with E-state index in [0.717, 1.165) is 5.69 Å². The van der Waals surface area contributed by atoms with Gasteiger partial charge in [0.25, 0.3) is 0 Å². The van der Waals surface area contributed by atoms with E-state index in [4.69, 9.17) is 5.11 Å². The van der Waals surface area contributed by atoms with Crippen molar-refractivity contribution in [2.24, 2.45) is 0 Å². The molecule has 0 aliphatic carbocycles. The summed E-state index contributed by atoms with van der Waals surface area (Å²) in [7, 11) is 0. The lowest BCUT2D eigenvalue weighted by molar-refractivity contribution is 0.271. The molecule has 0 aliphatic rings. The van der Waals surface area contributed by atoms with Crippen LogP contribution in [0.4, 0.5) is 10.2 Å². The van der Waals surface area contributed by atoms with Gasteiger partial charge in [-0.15, -0.1) is 0 Å². The third-order valence-electron chi connectivity index (χ3n) is 1.67. The number of nitrogens with zero attached hydrogens (tertiary/aromatic N) is 2. The summed E-state index contributed by atoms with van der Waals surface area (Å²) < 4.78 is 12.2. The van der Waals surface area contributed by atoms with E-state index in [0.29, 0.717) is 11.6 Å². The highest BCUT2D eigenvalue weighted by Crippen LogP contribution is 2.07. The molecular formula is C9H14FN3O. The number of anilines is 1. The fourth-order valence-corrected chi connectivity index (χ4v) is 1.07. The van der Waals surface area contributed by atoms with Crippen LogP contribution in [-0.2, 0) is 6.61 Å². The predicted octanol–water partition coefficient (Wildman–Crippen LogP) is 1.05. The van der Waals surface area contributed by atoms with Crippen LogP contribution in [0, 0.1) is 6.92 Å². The maximum absolute atomic E-state index is 12.2. The number of hydrogen-bond donors (Lipinski definition) is 2. The van der Waals surface area contributed by atoms with E-state index in [1.165, 1.54) is 0 Å². The van der Waals surface area contributed by atoms with Crippen molar-refractivity contribution in [3.8, 4) is 0 Å². The lowest BCUT2D eigenvalue weighted by Crippen LogP contribution is -2.18. The third-order valence-corrected chi connectivity index (χ3v) is 1.67. The molecule has 0 saturated carbocycles. The highest BCUT2D eigenvalue weighted by molar-refractivity contribution is 5.36. The van der Waals surface area contributed by atoms with E-state index < -0.39 is 6.67 Å². The molecule has 1 aromatic rings. The van der Waals surface area contributed by atoms with Crippen LogP contribution in [0.3, 0.4) is 0 Å². The molecule has 4 nitrogen and oxygen atoms in total. The normalized spacial score (nSPS) is 12.6. The molecule has 5 heteroatoms. The molecule has 1 rings (SSSR count). The highest BCUT2D eigenvalue weighted by atomic mass is 19.1. The lowest BCUT2D eigenvalue weighted by atomic mass is 10.3. The van der Waals surface area contributed by atoms with Gasteiger partial charge >= 0.3 is 0 Å². The molecule has 0 unspecified atom stereocenters. The van der Waals surface area contributed by atoms with Crippen molar-refractivity contribution in [2.75, 3.05) is 12.0 Å². The second-order valence-electron chi connectivity index (χ2n) is 3.17. The number of aliphatic hydroxyl groups excluding tert-OH is 1. The first-order chi connectivity index (χ1) is 6.65. The number of aromatic nitrogens is 2. The summed E-state index contributed by atoms with van der Waals surface area (Å²) in [5, 5.41) is 11.7. The average molecular weight is 199 g/mol. The van der Waals surface area contributed by atoms with Crippen molar-refractivity contribution in [3.63, 3.8) is 0 Å². The van der Waals surface area contributed by atoms with Crippen LogP contribution in [0.1, 0.15) is 18.4 Å². The minimum absolute atomic E-state index is 0.208. The topological polar surface area (TPSA) is 58.0 Å². The summed E-state index contributed by atoms with van der Waals surface area (Å²) >= 11 is 0. The van der Waals surface area contributed by atoms with Crippen molar-refractivity contribution in [1.82, 2.24) is 9.97 Å². The maximum Gasteiger partial charge on any atom is 0.156 e. The monoisotopic (exact) mass is 199 g/mol. The van der Waals surface area contributed by atoms with E-state index in [1.807, 2.05) is 0 Å². The van der Waals surface area contributed by atoms with Gasteiger partial charge in [0.15, 0.2) is 5.82 Å². The number of hydrogen-bond acceptors (Lipinski definition) is 4. The standard InChI is InChI=1S/C9H14FN3O/c1-6-3-8(12-7(2)4-10)13-9(5-14)11-6/h3,7,14H,4-5H2,1-2H3,(H,11,12,13)/t7-/m0/s1. The molecule has 0 aliphatic heterocycles. The van der Waals surface area contributed by atoms with E-state index in [2.05, 4.69) is 15.3 Å². The van der Waals surface area contributed by atoms with E-state index in [9.17, 15) is 4.39 Å². The van der Waals surface area contributed by atoms with Gasteiger partial charge in [-0.1, -0.05) is 0 Å². The average Bonchev–Trinajstić information content (AvgIpc) is 2.16. The number of alkyl halides is 1. The van der Waals surface area contributed by atoms with Gasteiger partial charge in [0.05, 0.1) is 6.04 Å². The summed E-state index contributed by atoms with van der Waals surface area (Å²) in [5.74, 6) is 0.894. The first-order valence-electron chi connectivity index (χ1n) is 4.43. The molecular weight excluding hydrogens is 185 g/mol. The number of halogens is 1. The van der Waals surface area contributed by atoms with E-state index in [-0.39, 0.29) is 12.6 Å². The molecule has 14 heavy (non-hydrogen) atoms. The van der Waals surface area contributed by atoms with Crippen molar-refractivity contribution < 1.29 is 9.50 Å². The maximum atomic E-state index is 12.2. The zero-order valence-corrected chi connectivity index (χ0v) is 8.29. The van der Waals surface area contributed by atoms with Gasteiger partial charge in [-0.3, -0.25) is 0 Å². The Morgan fingerprint density at radius 3 is 2.86 bits per heavy atom. The Balaban J connectivity index is 2.81. The van der Waals surface area contributed by atoms with Gasteiger partial charge in [-0.05, 0) is 13.8 Å². The Morgan fingerprint density at radius 2 is 2.29 bits per heavy atom. The Morgan fingerprint density at radius 1 is 1.57 bits per heavy atom. The fourth-order valence-electron chi connectivity index (χ4n) is 1.07. The zero-order chi connectivity index (χ0) is 10.6. The predicted molar refractivity (Wildman–Crippen MR) is 51.8 cm³/mol. The molecule has 0 aromatic carbocycles. The van der Waals surface area contributed by atoms with Gasteiger partial charge in [0.2, 0.25) is 0 Å². The van der Waals surface area contributed by atoms with Crippen LogP contribution in [0.2, 0.25) is 0 Å². The lowest BCUT2D eigenvalue weighted by Gasteiger charge is -2.11. The van der Waals surface area contributed by atoms with Gasteiger partial charge < -0.3 is 10.4 Å². The van der Waals surface area contributed by atoms with Crippen molar-refractivity contribution in [2.45, 2.75) is 26.5 Å².